The third kappa shape index (κ3) is 4.90. The molecule has 0 bridgehead atoms. The van der Waals surface area contributed by atoms with E-state index in [1.807, 2.05) is 32.0 Å². The fourth-order valence-corrected chi connectivity index (χ4v) is 2.15. The number of halogens is 1. The van der Waals surface area contributed by atoms with E-state index in [0.717, 1.165) is 6.54 Å². The minimum absolute atomic E-state index is 0.0864. The molecule has 21 heavy (non-hydrogen) atoms. The van der Waals surface area contributed by atoms with E-state index in [4.69, 9.17) is 16.3 Å². The Labute approximate surface area is 130 Å². The minimum Gasteiger partial charge on any atom is -0.475 e. The van der Waals surface area contributed by atoms with E-state index in [1.165, 1.54) is 5.56 Å². The van der Waals surface area contributed by atoms with E-state index >= 15 is 0 Å². The highest BCUT2D eigenvalue weighted by molar-refractivity contribution is 6.18. The largest absolute Gasteiger partial charge is 0.475 e. The van der Waals surface area contributed by atoms with Gasteiger partial charge in [-0.15, -0.1) is 11.6 Å². The molecule has 2 aromatic rings. The summed E-state index contributed by atoms with van der Waals surface area (Å²) < 4.78 is 5.62. The molecule has 5 heteroatoms. The van der Waals surface area contributed by atoms with Crippen LogP contribution in [-0.2, 0) is 6.54 Å². The first-order valence-corrected chi connectivity index (χ1v) is 7.57. The molecule has 0 fully saturated rings. The summed E-state index contributed by atoms with van der Waals surface area (Å²) in [5, 5.41) is 0. The molecule has 0 aliphatic rings. The Morgan fingerprint density at radius 2 is 1.95 bits per heavy atom. The number of nitrogens with zero attached hydrogens (tertiary/aromatic N) is 3. The van der Waals surface area contributed by atoms with E-state index in [-0.39, 0.29) is 6.10 Å². The Bertz CT molecular complexity index is 548. The van der Waals surface area contributed by atoms with Crippen LogP contribution >= 0.6 is 11.6 Å². The molecule has 0 amide bonds. The molecule has 0 spiro atoms. The van der Waals surface area contributed by atoms with Crippen molar-refractivity contribution < 1.29 is 4.74 Å². The molecule has 0 atom stereocenters. The van der Waals surface area contributed by atoms with Gasteiger partial charge in [-0.25, -0.2) is 4.98 Å². The minimum atomic E-state index is 0.0864. The van der Waals surface area contributed by atoms with Crippen molar-refractivity contribution in [3.8, 4) is 5.88 Å². The highest BCUT2D eigenvalue weighted by Crippen LogP contribution is 2.16. The first-order valence-electron chi connectivity index (χ1n) is 7.03. The van der Waals surface area contributed by atoms with E-state index in [2.05, 4.69) is 27.0 Å². The smallest absolute Gasteiger partial charge is 0.228 e. The lowest BCUT2D eigenvalue weighted by molar-refractivity contribution is 0.232. The van der Waals surface area contributed by atoms with Crippen LogP contribution in [0.5, 0.6) is 5.88 Å². The number of aromatic nitrogens is 2. The van der Waals surface area contributed by atoms with Crippen molar-refractivity contribution in [3.05, 3.63) is 48.2 Å². The molecule has 1 aromatic carbocycles. The number of hydrogen-bond acceptors (Lipinski definition) is 4. The Balaban J connectivity index is 2.17. The lowest BCUT2D eigenvalue weighted by Gasteiger charge is -2.22. The van der Waals surface area contributed by atoms with Crippen LogP contribution in [0.1, 0.15) is 19.4 Å². The predicted octanol–water partition coefficient (Wildman–Crippen LogP) is 3.51. The number of ether oxygens (including phenoxy) is 1. The summed E-state index contributed by atoms with van der Waals surface area (Å²) in [6.07, 6.45) is 1.80. The zero-order valence-corrected chi connectivity index (χ0v) is 13.1. The second kappa shape index (κ2) is 7.84. The summed E-state index contributed by atoms with van der Waals surface area (Å²) in [4.78, 5) is 10.9. The second-order valence-corrected chi connectivity index (χ2v) is 5.34. The lowest BCUT2D eigenvalue weighted by Crippen LogP contribution is -2.27. The van der Waals surface area contributed by atoms with Crippen LogP contribution in [0.3, 0.4) is 0 Å². The third-order valence-corrected chi connectivity index (χ3v) is 3.00. The predicted molar refractivity (Wildman–Crippen MR) is 86.0 cm³/mol. The molecule has 0 aliphatic carbocycles. The fourth-order valence-electron chi connectivity index (χ4n) is 1.95. The van der Waals surface area contributed by atoms with Crippen molar-refractivity contribution >= 4 is 17.5 Å². The van der Waals surface area contributed by atoms with Gasteiger partial charge in [-0.1, -0.05) is 30.3 Å². The van der Waals surface area contributed by atoms with Crippen molar-refractivity contribution in [2.24, 2.45) is 0 Å². The quantitative estimate of drug-likeness (QED) is 0.734. The van der Waals surface area contributed by atoms with Gasteiger partial charge in [0.25, 0.3) is 0 Å². The van der Waals surface area contributed by atoms with Gasteiger partial charge in [0.2, 0.25) is 11.8 Å². The Hall–Kier alpha value is -1.81. The first-order chi connectivity index (χ1) is 10.2. The molecule has 0 saturated carbocycles. The second-order valence-electron chi connectivity index (χ2n) is 4.96. The summed E-state index contributed by atoms with van der Waals surface area (Å²) >= 11 is 5.91. The number of anilines is 1. The molecule has 1 aromatic heterocycles. The molecule has 1 heterocycles. The summed E-state index contributed by atoms with van der Waals surface area (Å²) in [6, 6.07) is 12.0. The van der Waals surface area contributed by atoms with Crippen molar-refractivity contribution in [2.45, 2.75) is 26.5 Å². The van der Waals surface area contributed by atoms with Crippen LogP contribution in [0, 0.1) is 0 Å². The zero-order chi connectivity index (χ0) is 15.1. The SMILES string of the molecule is CC(C)Oc1ccnc(N(CCCl)Cc2ccccc2)n1. The van der Waals surface area contributed by atoms with Crippen LogP contribution in [0.15, 0.2) is 42.6 Å². The molecule has 112 valence electrons. The molecule has 0 radical (unpaired) electrons. The van der Waals surface area contributed by atoms with Gasteiger partial charge in [0.05, 0.1) is 6.10 Å². The van der Waals surface area contributed by atoms with Crippen molar-refractivity contribution in [1.29, 1.82) is 0 Å². The van der Waals surface area contributed by atoms with Crippen LogP contribution in [0.2, 0.25) is 0 Å². The molecule has 0 aliphatic heterocycles. The van der Waals surface area contributed by atoms with Crippen LogP contribution in [0.25, 0.3) is 0 Å². The summed E-state index contributed by atoms with van der Waals surface area (Å²) in [6.45, 7) is 5.35. The highest BCUT2D eigenvalue weighted by atomic mass is 35.5. The number of alkyl halides is 1. The maximum atomic E-state index is 5.91. The third-order valence-electron chi connectivity index (χ3n) is 2.83. The molecule has 2 rings (SSSR count). The van der Waals surface area contributed by atoms with Gasteiger partial charge in [0, 0.05) is 31.2 Å². The van der Waals surface area contributed by atoms with Gasteiger partial charge >= 0.3 is 0 Å². The van der Waals surface area contributed by atoms with Gasteiger partial charge in [-0.05, 0) is 19.4 Å². The molecule has 0 saturated heterocycles. The Morgan fingerprint density at radius 3 is 2.62 bits per heavy atom. The summed E-state index contributed by atoms with van der Waals surface area (Å²) in [5.41, 5.74) is 1.20. The van der Waals surface area contributed by atoms with E-state index in [9.17, 15) is 0 Å². The number of hydrogen-bond donors (Lipinski definition) is 0. The Morgan fingerprint density at radius 1 is 1.19 bits per heavy atom. The van der Waals surface area contributed by atoms with Crippen molar-refractivity contribution in [3.63, 3.8) is 0 Å². The lowest BCUT2D eigenvalue weighted by atomic mass is 10.2. The van der Waals surface area contributed by atoms with Crippen molar-refractivity contribution in [1.82, 2.24) is 9.97 Å². The molecular formula is C16H20ClN3O. The number of rotatable bonds is 7. The average Bonchev–Trinajstić information content (AvgIpc) is 2.47. The standard InChI is InChI=1S/C16H20ClN3O/c1-13(2)21-15-8-10-18-16(19-15)20(11-9-17)12-14-6-4-3-5-7-14/h3-8,10,13H,9,11-12H2,1-2H3. The average molecular weight is 306 g/mol. The zero-order valence-electron chi connectivity index (χ0n) is 12.4. The van der Waals surface area contributed by atoms with Gasteiger partial charge in [0.15, 0.2) is 0 Å². The maximum Gasteiger partial charge on any atom is 0.228 e. The first kappa shape index (κ1) is 15.6. The van der Waals surface area contributed by atoms with Gasteiger partial charge in [-0.2, -0.15) is 4.98 Å². The van der Waals surface area contributed by atoms with Crippen LogP contribution in [0.4, 0.5) is 5.95 Å². The summed E-state index contributed by atoms with van der Waals surface area (Å²) in [5.74, 6) is 1.74. The van der Waals surface area contributed by atoms with E-state index in [0.29, 0.717) is 24.3 Å². The monoisotopic (exact) mass is 305 g/mol. The normalized spacial score (nSPS) is 10.7. The fraction of sp³-hybridized carbons (Fsp3) is 0.375. The molecule has 0 N–H and O–H groups in total. The maximum absolute atomic E-state index is 5.91. The Kier molecular flexibility index (Phi) is 5.81. The molecule has 4 nitrogen and oxygen atoms in total. The van der Waals surface area contributed by atoms with Gasteiger partial charge in [0.1, 0.15) is 0 Å². The van der Waals surface area contributed by atoms with Gasteiger partial charge in [-0.3, -0.25) is 0 Å². The van der Waals surface area contributed by atoms with E-state index < -0.39 is 0 Å². The van der Waals surface area contributed by atoms with Gasteiger partial charge < -0.3 is 9.64 Å². The van der Waals surface area contributed by atoms with Crippen LogP contribution < -0.4 is 9.64 Å². The number of benzene rings is 1. The highest BCUT2D eigenvalue weighted by Gasteiger charge is 2.11. The molecule has 0 unspecified atom stereocenters. The van der Waals surface area contributed by atoms with Crippen LogP contribution in [-0.4, -0.2) is 28.5 Å². The molecular weight excluding hydrogens is 286 g/mol. The topological polar surface area (TPSA) is 38.2 Å². The van der Waals surface area contributed by atoms with E-state index in [1.54, 1.807) is 12.3 Å². The summed E-state index contributed by atoms with van der Waals surface area (Å²) in [7, 11) is 0. The van der Waals surface area contributed by atoms with Crippen molar-refractivity contribution in [2.75, 3.05) is 17.3 Å².